The first-order valence-electron chi connectivity index (χ1n) is 5.42. The summed E-state index contributed by atoms with van der Waals surface area (Å²) in [5, 5.41) is 13.4. The van der Waals surface area contributed by atoms with Crippen LogP contribution in [0.25, 0.3) is 10.8 Å². The molecule has 0 radical (unpaired) electrons. The highest BCUT2D eigenvalue weighted by atomic mass is 32.1. The van der Waals surface area contributed by atoms with Crippen molar-refractivity contribution in [1.82, 2.24) is 20.9 Å². The van der Waals surface area contributed by atoms with Crippen LogP contribution in [0, 0.1) is 0 Å². The highest BCUT2D eigenvalue weighted by Gasteiger charge is 2.02. The summed E-state index contributed by atoms with van der Waals surface area (Å²) in [7, 11) is 0. The fourth-order valence-electron chi connectivity index (χ4n) is 1.45. The van der Waals surface area contributed by atoms with Gasteiger partial charge in [0.25, 0.3) is 0 Å². The van der Waals surface area contributed by atoms with Gasteiger partial charge in [-0.15, -0.1) is 11.7 Å². The second-order valence-electron chi connectivity index (χ2n) is 3.53. The maximum atomic E-state index is 5.06. The van der Waals surface area contributed by atoms with E-state index in [0.29, 0.717) is 17.5 Å². The summed E-state index contributed by atoms with van der Waals surface area (Å²) in [5.74, 6) is 0.635. The average Bonchev–Trinajstić information content (AvgIpc) is 2.42. The van der Waals surface area contributed by atoms with Gasteiger partial charge >= 0.3 is 0 Å². The SMILES string of the molecule is C=CCNC(=S)NNc1nncc2ccccc12. The summed E-state index contributed by atoms with van der Waals surface area (Å²) in [6, 6.07) is 7.85. The number of anilines is 1. The lowest BCUT2D eigenvalue weighted by Crippen LogP contribution is -2.39. The molecule has 0 saturated carbocycles. The molecular weight excluding hydrogens is 246 g/mol. The van der Waals surface area contributed by atoms with Gasteiger partial charge in [-0.2, -0.15) is 5.10 Å². The van der Waals surface area contributed by atoms with Crippen molar-refractivity contribution >= 4 is 33.9 Å². The van der Waals surface area contributed by atoms with Gasteiger partial charge in [-0.25, -0.2) is 0 Å². The van der Waals surface area contributed by atoms with E-state index < -0.39 is 0 Å². The first-order chi connectivity index (χ1) is 8.81. The van der Waals surface area contributed by atoms with Gasteiger partial charge in [0.1, 0.15) is 0 Å². The van der Waals surface area contributed by atoms with Crippen molar-refractivity contribution in [2.45, 2.75) is 0 Å². The molecule has 0 aliphatic heterocycles. The molecule has 3 N–H and O–H groups in total. The lowest BCUT2D eigenvalue weighted by molar-refractivity contribution is 0.954. The lowest BCUT2D eigenvalue weighted by Gasteiger charge is -2.11. The van der Waals surface area contributed by atoms with Crippen molar-refractivity contribution < 1.29 is 0 Å². The predicted octanol–water partition coefficient (Wildman–Crippen LogP) is 1.61. The van der Waals surface area contributed by atoms with Crippen LogP contribution in [0.3, 0.4) is 0 Å². The highest BCUT2D eigenvalue weighted by Crippen LogP contribution is 2.18. The van der Waals surface area contributed by atoms with Crippen LogP contribution in [0.2, 0.25) is 0 Å². The number of hydrazine groups is 1. The Morgan fingerprint density at radius 3 is 3.06 bits per heavy atom. The van der Waals surface area contributed by atoms with Gasteiger partial charge in [0.15, 0.2) is 10.9 Å². The molecule has 1 aromatic carbocycles. The standard InChI is InChI=1S/C12H13N5S/c1-2-7-13-12(18)17-16-11-10-6-4-3-5-9(10)8-14-15-11/h2-6,8H,1,7H2,(H,15,16)(H2,13,17,18). The molecule has 5 nitrogen and oxygen atoms in total. The summed E-state index contributed by atoms with van der Waals surface area (Å²) in [6.07, 6.45) is 3.44. The molecule has 0 saturated heterocycles. The van der Waals surface area contributed by atoms with Crippen molar-refractivity contribution in [2.24, 2.45) is 0 Å². The van der Waals surface area contributed by atoms with Gasteiger partial charge < -0.3 is 5.32 Å². The molecule has 0 unspecified atom stereocenters. The van der Waals surface area contributed by atoms with E-state index >= 15 is 0 Å². The van der Waals surface area contributed by atoms with E-state index in [-0.39, 0.29) is 0 Å². The molecule has 18 heavy (non-hydrogen) atoms. The minimum absolute atomic E-state index is 0.477. The van der Waals surface area contributed by atoms with Crippen LogP contribution in [-0.4, -0.2) is 21.9 Å². The van der Waals surface area contributed by atoms with E-state index in [4.69, 9.17) is 12.2 Å². The topological polar surface area (TPSA) is 61.9 Å². The van der Waals surface area contributed by atoms with Crippen LogP contribution in [0.5, 0.6) is 0 Å². The summed E-state index contributed by atoms with van der Waals surface area (Å²) < 4.78 is 0. The average molecular weight is 259 g/mol. The monoisotopic (exact) mass is 259 g/mol. The zero-order valence-electron chi connectivity index (χ0n) is 9.68. The molecule has 0 bridgehead atoms. The number of nitrogens with one attached hydrogen (secondary N) is 3. The first kappa shape index (κ1) is 12.3. The van der Waals surface area contributed by atoms with E-state index in [0.717, 1.165) is 10.8 Å². The maximum Gasteiger partial charge on any atom is 0.185 e. The Hall–Kier alpha value is -2.21. The number of aromatic nitrogens is 2. The molecule has 6 heteroatoms. The van der Waals surface area contributed by atoms with Crippen molar-refractivity contribution in [3.8, 4) is 0 Å². The molecule has 0 aliphatic carbocycles. The molecule has 0 fully saturated rings. The number of thiocarbonyl (C=S) groups is 1. The Balaban J connectivity index is 2.08. The molecular formula is C12H13N5S. The fourth-order valence-corrected chi connectivity index (χ4v) is 1.58. The first-order valence-corrected chi connectivity index (χ1v) is 5.83. The fraction of sp³-hybridized carbons (Fsp3) is 0.0833. The highest BCUT2D eigenvalue weighted by molar-refractivity contribution is 7.80. The number of rotatable bonds is 4. The summed E-state index contributed by atoms with van der Waals surface area (Å²) in [4.78, 5) is 0. The largest absolute Gasteiger partial charge is 0.358 e. The van der Waals surface area contributed by atoms with E-state index in [1.807, 2.05) is 24.3 Å². The summed E-state index contributed by atoms with van der Waals surface area (Å²) in [6.45, 7) is 4.21. The van der Waals surface area contributed by atoms with Gasteiger partial charge in [0.05, 0.1) is 6.20 Å². The Bertz CT molecular complexity index is 564. The zero-order chi connectivity index (χ0) is 12.8. The Morgan fingerprint density at radius 1 is 1.39 bits per heavy atom. The predicted molar refractivity (Wildman–Crippen MR) is 77.1 cm³/mol. The van der Waals surface area contributed by atoms with Crippen LogP contribution in [0.4, 0.5) is 5.82 Å². The van der Waals surface area contributed by atoms with Crippen LogP contribution >= 0.6 is 12.2 Å². The second-order valence-corrected chi connectivity index (χ2v) is 3.94. The van der Waals surface area contributed by atoms with Crippen LogP contribution in [0.15, 0.2) is 43.1 Å². The molecule has 2 aromatic rings. The minimum Gasteiger partial charge on any atom is -0.358 e. The maximum absolute atomic E-state index is 5.06. The van der Waals surface area contributed by atoms with Crippen molar-refractivity contribution in [3.63, 3.8) is 0 Å². The van der Waals surface area contributed by atoms with Crippen molar-refractivity contribution in [1.29, 1.82) is 0 Å². The smallest absolute Gasteiger partial charge is 0.185 e. The van der Waals surface area contributed by atoms with Crippen LogP contribution in [-0.2, 0) is 0 Å². The normalized spacial score (nSPS) is 9.78. The van der Waals surface area contributed by atoms with Crippen molar-refractivity contribution in [2.75, 3.05) is 12.0 Å². The van der Waals surface area contributed by atoms with Gasteiger partial charge in [0, 0.05) is 17.3 Å². The third-order valence-corrected chi connectivity index (χ3v) is 2.52. The van der Waals surface area contributed by atoms with E-state index in [9.17, 15) is 0 Å². The quantitative estimate of drug-likeness (QED) is 0.440. The number of benzene rings is 1. The zero-order valence-corrected chi connectivity index (χ0v) is 10.5. The minimum atomic E-state index is 0.477. The number of nitrogens with zero attached hydrogens (tertiary/aromatic N) is 2. The number of hydrogen-bond donors (Lipinski definition) is 3. The Morgan fingerprint density at radius 2 is 2.22 bits per heavy atom. The molecule has 0 amide bonds. The number of hydrogen-bond acceptors (Lipinski definition) is 4. The number of fused-ring (bicyclic) bond motifs is 1. The van der Waals surface area contributed by atoms with Crippen LogP contribution < -0.4 is 16.2 Å². The summed E-state index contributed by atoms with van der Waals surface area (Å²) in [5.41, 5.74) is 5.78. The Labute approximate surface area is 110 Å². The van der Waals surface area contributed by atoms with Crippen LogP contribution in [0.1, 0.15) is 0 Å². The molecule has 0 aliphatic rings. The van der Waals surface area contributed by atoms with Gasteiger partial charge in [-0.3, -0.25) is 10.9 Å². The van der Waals surface area contributed by atoms with Gasteiger partial charge in [-0.1, -0.05) is 30.3 Å². The molecule has 0 atom stereocenters. The second kappa shape index (κ2) is 5.92. The lowest BCUT2D eigenvalue weighted by atomic mass is 10.2. The third-order valence-electron chi connectivity index (χ3n) is 2.27. The van der Waals surface area contributed by atoms with Crippen molar-refractivity contribution in [3.05, 3.63) is 43.1 Å². The molecule has 1 heterocycles. The Kier molecular flexibility index (Phi) is 4.03. The third kappa shape index (κ3) is 2.92. The van der Waals surface area contributed by atoms with Gasteiger partial charge in [0.2, 0.25) is 0 Å². The molecule has 1 aromatic heterocycles. The summed E-state index contributed by atoms with van der Waals surface area (Å²) >= 11 is 5.06. The molecule has 0 spiro atoms. The molecule has 2 rings (SSSR count). The van der Waals surface area contributed by atoms with E-state index in [2.05, 4.69) is 32.9 Å². The van der Waals surface area contributed by atoms with E-state index in [1.165, 1.54) is 0 Å². The van der Waals surface area contributed by atoms with E-state index in [1.54, 1.807) is 12.3 Å². The molecule has 92 valence electrons. The van der Waals surface area contributed by atoms with Gasteiger partial charge in [-0.05, 0) is 12.2 Å².